The van der Waals surface area contributed by atoms with Gasteiger partial charge in [-0.1, -0.05) is 25.5 Å². The second-order valence-electron chi connectivity index (χ2n) is 6.03. The molecule has 1 atom stereocenters. The molecule has 1 aliphatic rings. The standard InChI is InChI=1S/C17H26N2O/c1-5-18-15-9-8-13(4)11-14(15)17(20)19-10-6-7-16(19)12(2)3/h8-9,11-12,16,18H,5-7,10H2,1-4H3. The van der Waals surface area contributed by atoms with E-state index in [1.54, 1.807) is 0 Å². The van der Waals surface area contributed by atoms with E-state index < -0.39 is 0 Å². The number of rotatable bonds is 4. The van der Waals surface area contributed by atoms with Gasteiger partial charge in [0.1, 0.15) is 0 Å². The Kier molecular flexibility index (Phi) is 4.69. The first-order valence-electron chi connectivity index (χ1n) is 7.70. The summed E-state index contributed by atoms with van der Waals surface area (Å²) in [6, 6.07) is 6.47. The summed E-state index contributed by atoms with van der Waals surface area (Å²) in [6.07, 6.45) is 2.25. The van der Waals surface area contributed by atoms with Crippen LogP contribution in [0.4, 0.5) is 5.69 Å². The second-order valence-corrected chi connectivity index (χ2v) is 6.03. The lowest BCUT2D eigenvalue weighted by atomic mass is 10.0. The molecule has 0 radical (unpaired) electrons. The van der Waals surface area contributed by atoms with Crippen LogP contribution in [-0.4, -0.2) is 29.9 Å². The lowest BCUT2D eigenvalue weighted by Crippen LogP contribution is -2.38. The van der Waals surface area contributed by atoms with E-state index in [-0.39, 0.29) is 5.91 Å². The number of carbonyl (C=O) groups is 1. The summed E-state index contributed by atoms with van der Waals surface area (Å²) < 4.78 is 0. The number of hydrogen-bond acceptors (Lipinski definition) is 2. The Balaban J connectivity index is 2.30. The van der Waals surface area contributed by atoms with Crippen molar-refractivity contribution in [2.24, 2.45) is 5.92 Å². The molecule has 3 heteroatoms. The van der Waals surface area contributed by atoms with Crippen LogP contribution >= 0.6 is 0 Å². The van der Waals surface area contributed by atoms with E-state index in [2.05, 4.69) is 37.1 Å². The first-order valence-corrected chi connectivity index (χ1v) is 7.70. The summed E-state index contributed by atoms with van der Waals surface area (Å²) in [5, 5.41) is 3.30. The highest BCUT2D eigenvalue weighted by atomic mass is 16.2. The minimum absolute atomic E-state index is 0.181. The highest BCUT2D eigenvalue weighted by Gasteiger charge is 2.32. The van der Waals surface area contributed by atoms with E-state index in [0.29, 0.717) is 12.0 Å². The molecule has 1 saturated heterocycles. The minimum atomic E-state index is 0.181. The monoisotopic (exact) mass is 274 g/mol. The van der Waals surface area contributed by atoms with Gasteiger partial charge in [0.15, 0.2) is 0 Å². The predicted molar refractivity (Wildman–Crippen MR) is 84.2 cm³/mol. The summed E-state index contributed by atoms with van der Waals surface area (Å²) in [5.74, 6) is 0.703. The molecule has 2 rings (SSSR count). The van der Waals surface area contributed by atoms with Gasteiger partial charge in [-0.15, -0.1) is 0 Å². The van der Waals surface area contributed by atoms with Crippen molar-refractivity contribution in [1.29, 1.82) is 0 Å². The molecule has 0 bridgehead atoms. The lowest BCUT2D eigenvalue weighted by Gasteiger charge is -2.28. The fraction of sp³-hybridized carbons (Fsp3) is 0.588. The molecule has 1 unspecified atom stereocenters. The van der Waals surface area contributed by atoms with Gasteiger partial charge < -0.3 is 10.2 Å². The zero-order chi connectivity index (χ0) is 14.7. The third-order valence-corrected chi connectivity index (χ3v) is 4.10. The van der Waals surface area contributed by atoms with Gasteiger partial charge in [-0.05, 0) is 44.7 Å². The number of anilines is 1. The molecule has 1 N–H and O–H groups in total. The van der Waals surface area contributed by atoms with Crippen LogP contribution < -0.4 is 5.32 Å². The molecule has 1 heterocycles. The highest BCUT2D eigenvalue weighted by molar-refractivity contribution is 6.00. The Morgan fingerprint density at radius 2 is 2.20 bits per heavy atom. The quantitative estimate of drug-likeness (QED) is 0.908. The lowest BCUT2D eigenvalue weighted by molar-refractivity contribution is 0.0702. The summed E-state index contributed by atoms with van der Waals surface area (Å²) >= 11 is 0. The third kappa shape index (κ3) is 2.97. The normalized spacial score (nSPS) is 18.6. The molecule has 3 nitrogen and oxygen atoms in total. The number of aryl methyl sites for hydroxylation is 1. The number of amides is 1. The van der Waals surface area contributed by atoms with Crippen LogP contribution in [0.3, 0.4) is 0 Å². The van der Waals surface area contributed by atoms with Crippen LogP contribution in [0.2, 0.25) is 0 Å². The Bertz CT molecular complexity index is 482. The minimum Gasteiger partial charge on any atom is -0.385 e. The first kappa shape index (κ1) is 14.9. The molecule has 0 aliphatic carbocycles. The molecule has 0 saturated carbocycles. The van der Waals surface area contributed by atoms with Crippen molar-refractivity contribution in [1.82, 2.24) is 4.90 Å². The largest absolute Gasteiger partial charge is 0.385 e. The van der Waals surface area contributed by atoms with Crippen molar-refractivity contribution >= 4 is 11.6 Å². The van der Waals surface area contributed by atoms with Gasteiger partial charge in [0.05, 0.1) is 5.56 Å². The SMILES string of the molecule is CCNc1ccc(C)cc1C(=O)N1CCCC1C(C)C. The molecule has 1 amide bonds. The van der Waals surface area contributed by atoms with Crippen LogP contribution in [0.5, 0.6) is 0 Å². The molecule has 20 heavy (non-hydrogen) atoms. The summed E-state index contributed by atoms with van der Waals surface area (Å²) in [4.78, 5) is 15.0. The van der Waals surface area contributed by atoms with Crippen molar-refractivity contribution in [2.75, 3.05) is 18.4 Å². The summed E-state index contributed by atoms with van der Waals surface area (Å²) in [7, 11) is 0. The van der Waals surface area contributed by atoms with Crippen molar-refractivity contribution in [3.63, 3.8) is 0 Å². The van der Waals surface area contributed by atoms with E-state index in [0.717, 1.165) is 42.7 Å². The van der Waals surface area contributed by atoms with Crippen LogP contribution in [0, 0.1) is 12.8 Å². The molecular formula is C17H26N2O. The van der Waals surface area contributed by atoms with Gasteiger partial charge in [0.25, 0.3) is 5.91 Å². The second kappa shape index (κ2) is 6.29. The predicted octanol–water partition coefficient (Wildman–Crippen LogP) is 3.69. The van der Waals surface area contributed by atoms with E-state index in [1.807, 2.05) is 19.1 Å². The van der Waals surface area contributed by atoms with Crippen molar-refractivity contribution in [3.8, 4) is 0 Å². The highest BCUT2D eigenvalue weighted by Crippen LogP contribution is 2.28. The van der Waals surface area contributed by atoms with E-state index in [1.165, 1.54) is 0 Å². The molecule has 0 aromatic heterocycles. The zero-order valence-corrected chi connectivity index (χ0v) is 13.1. The Morgan fingerprint density at radius 1 is 1.45 bits per heavy atom. The molecule has 110 valence electrons. The maximum Gasteiger partial charge on any atom is 0.256 e. The zero-order valence-electron chi connectivity index (χ0n) is 13.1. The number of nitrogens with one attached hydrogen (secondary N) is 1. The van der Waals surface area contributed by atoms with Crippen molar-refractivity contribution in [3.05, 3.63) is 29.3 Å². The topological polar surface area (TPSA) is 32.3 Å². The average Bonchev–Trinajstić information content (AvgIpc) is 2.89. The van der Waals surface area contributed by atoms with Crippen molar-refractivity contribution in [2.45, 2.75) is 46.6 Å². The molecule has 0 spiro atoms. The van der Waals surface area contributed by atoms with Gasteiger partial charge in [-0.2, -0.15) is 0 Å². The molecule has 1 aliphatic heterocycles. The van der Waals surface area contributed by atoms with Gasteiger partial charge in [0, 0.05) is 24.8 Å². The van der Waals surface area contributed by atoms with Crippen LogP contribution in [0.15, 0.2) is 18.2 Å². The molecular weight excluding hydrogens is 248 g/mol. The Morgan fingerprint density at radius 3 is 2.85 bits per heavy atom. The number of carbonyl (C=O) groups excluding carboxylic acids is 1. The van der Waals surface area contributed by atoms with Gasteiger partial charge in [0.2, 0.25) is 0 Å². The molecule has 1 aromatic rings. The van der Waals surface area contributed by atoms with E-state index in [4.69, 9.17) is 0 Å². The van der Waals surface area contributed by atoms with Gasteiger partial charge in [-0.25, -0.2) is 0 Å². The maximum atomic E-state index is 12.9. The number of likely N-dealkylation sites (tertiary alicyclic amines) is 1. The van der Waals surface area contributed by atoms with Gasteiger partial charge >= 0.3 is 0 Å². The average molecular weight is 274 g/mol. The van der Waals surface area contributed by atoms with Crippen LogP contribution in [0.25, 0.3) is 0 Å². The molecule has 1 aromatic carbocycles. The Labute approximate surface area is 122 Å². The van der Waals surface area contributed by atoms with E-state index >= 15 is 0 Å². The maximum absolute atomic E-state index is 12.9. The number of nitrogens with zero attached hydrogens (tertiary/aromatic N) is 1. The summed E-state index contributed by atoms with van der Waals surface area (Å²) in [5.41, 5.74) is 2.91. The third-order valence-electron chi connectivity index (χ3n) is 4.10. The first-order chi connectivity index (χ1) is 9.54. The van der Waals surface area contributed by atoms with E-state index in [9.17, 15) is 4.79 Å². The number of hydrogen-bond donors (Lipinski definition) is 1. The Hall–Kier alpha value is -1.51. The summed E-state index contributed by atoms with van der Waals surface area (Å²) in [6.45, 7) is 10.2. The fourth-order valence-corrected chi connectivity index (χ4v) is 3.07. The molecule has 1 fully saturated rings. The van der Waals surface area contributed by atoms with Gasteiger partial charge in [-0.3, -0.25) is 4.79 Å². The fourth-order valence-electron chi connectivity index (χ4n) is 3.07. The smallest absolute Gasteiger partial charge is 0.256 e. The van der Waals surface area contributed by atoms with Crippen LogP contribution in [0.1, 0.15) is 49.5 Å². The van der Waals surface area contributed by atoms with Crippen LogP contribution in [-0.2, 0) is 0 Å². The number of benzene rings is 1. The van der Waals surface area contributed by atoms with Crippen molar-refractivity contribution < 1.29 is 4.79 Å².